The topological polar surface area (TPSA) is 83.9 Å². The van der Waals surface area contributed by atoms with Gasteiger partial charge in [-0.3, -0.25) is 19.3 Å². The van der Waals surface area contributed by atoms with Crippen LogP contribution in [0.1, 0.15) is 52.9 Å². The molecule has 7 atom stereocenters. The highest BCUT2D eigenvalue weighted by Gasteiger charge is 2.62. The number of hydrogen-bond acceptors (Lipinski definition) is 6. The zero-order valence-electron chi connectivity index (χ0n) is 20.2. The van der Waals surface area contributed by atoms with Crippen molar-refractivity contribution < 1.29 is 24.2 Å². The van der Waals surface area contributed by atoms with Crippen molar-refractivity contribution in [1.82, 2.24) is 4.90 Å². The maximum absolute atomic E-state index is 13.1. The fourth-order valence-corrected chi connectivity index (χ4v) is 7.40. The van der Waals surface area contributed by atoms with Gasteiger partial charge in [0.1, 0.15) is 12.9 Å². The minimum atomic E-state index is -0.553. The van der Waals surface area contributed by atoms with Gasteiger partial charge in [-0.1, -0.05) is 31.6 Å². The maximum Gasteiger partial charge on any atom is 0.320 e. The number of aliphatic hydroxyl groups excluding tert-OH is 1. The van der Waals surface area contributed by atoms with Gasteiger partial charge >= 0.3 is 5.97 Å². The number of allylic oxidation sites excluding steroid dienone is 4. The Hall–Kier alpha value is -1.79. The predicted octanol–water partition coefficient (Wildman–Crippen LogP) is 3.19. The molecule has 0 bridgehead atoms. The van der Waals surface area contributed by atoms with Gasteiger partial charge in [-0.05, 0) is 76.5 Å². The van der Waals surface area contributed by atoms with E-state index < -0.39 is 12.1 Å². The van der Waals surface area contributed by atoms with Crippen LogP contribution in [-0.4, -0.2) is 61.4 Å². The summed E-state index contributed by atoms with van der Waals surface area (Å²) >= 11 is 0. The Morgan fingerprint density at radius 1 is 1.22 bits per heavy atom. The molecule has 0 heterocycles. The van der Waals surface area contributed by atoms with Gasteiger partial charge in [0.2, 0.25) is 0 Å². The summed E-state index contributed by atoms with van der Waals surface area (Å²) in [6.07, 6.45) is 10.1. The molecule has 32 heavy (non-hydrogen) atoms. The van der Waals surface area contributed by atoms with Crippen LogP contribution in [0.2, 0.25) is 0 Å². The Morgan fingerprint density at radius 3 is 2.56 bits per heavy atom. The average Bonchev–Trinajstić information content (AvgIpc) is 3.06. The van der Waals surface area contributed by atoms with Crippen LogP contribution in [0.3, 0.4) is 0 Å². The molecule has 7 unspecified atom stereocenters. The van der Waals surface area contributed by atoms with E-state index in [1.165, 1.54) is 5.57 Å². The summed E-state index contributed by atoms with van der Waals surface area (Å²) in [5.41, 5.74) is 0.621. The van der Waals surface area contributed by atoms with Crippen LogP contribution < -0.4 is 0 Å². The largest absolute Gasteiger partial charge is 0.457 e. The van der Waals surface area contributed by atoms with E-state index in [0.29, 0.717) is 18.3 Å². The Balaban J connectivity index is 1.81. The Labute approximate surface area is 192 Å². The summed E-state index contributed by atoms with van der Waals surface area (Å²) in [4.78, 5) is 37.8. The average molecular weight is 446 g/mol. The van der Waals surface area contributed by atoms with Gasteiger partial charge in [0.05, 0.1) is 12.6 Å². The number of esters is 1. The zero-order valence-corrected chi connectivity index (χ0v) is 20.2. The molecule has 0 aromatic rings. The Kier molecular flexibility index (Phi) is 7.45. The summed E-state index contributed by atoms with van der Waals surface area (Å²) in [6.45, 7) is 6.29. The smallest absolute Gasteiger partial charge is 0.320 e. The molecule has 0 spiro atoms. The highest BCUT2D eigenvalue weighted by Crippen LogP contribution is 2.65. The van der Waals surface area contributed by atoms with E-state index in [1.807, 2.05) is 13.0 Å². The molecular weight excluding hydrogens is 406 g/mol. The van der Waals surface area contributed by atoms with Crippen LogP contribution in [0, 0.1) is 34.5 Å². The van der Waals surface area contributed by atoms with E-state index in [2.05, 4.69) is 19.9 Å². The maximum atomic E-state index is 13.1. The molecule has 6 nitrogen and oxygen atoms in total. The first-order valence-corrected chi connectivity index (χ1v) is 11.9. The van der Waals surface area contributed by atoms with Gasteiger partial charge in [-0.25, -0.2) is 0 Å². The third-order valence-corrected chi connectivity index (χ3v) is 8.66. The number of fused-ring (bicyclic) bond motifs is 3. The lowest BCUT2D eigenvalue weighted by molar-refractivity contribution is -0.154. The molecule has 6 heteroatoms. The van der Waals surface area contributed by atoms with Crippen molar-refractivity contribution in [2.75, 3.05) is 27.2 Å². The first-order chi connectivity index (χ1) is 15.1. The molecule has 3 saturated carbocycles. The number of Topliss-reactive ketones (excluding diaryl/α,β-unsaturated/α-hetero) is 1. The third-order valence-electron chi connectivity index (χ3n) is 8.66. The van der Waals surface area contributed by atoms with Gasteiger partial charge in [-0.2, -0.15) is 0 Å². The van der Waals surface area contributed by atoms with Crippen LogP contribution in [-0.2, 0) is 19.1 Å². The van der Waals surface area contributed by atoms with Gasteiger partial charge in [0.15, 0.2) is 5.78 Å². The summed E-state index contributed by atoms with van der Waals surface area (Å²) in [7, 11) is 3.57. The minimum Gasteiger partial charge on any atom is -0.457 e. The number of carbonyl (C=O) groups excluding carboxylic acids is 3. The molecule has 3 aliphatic carbocycles. The van der Waals surface area contributed by atoms with Crippen molar-refractivity contribution in [3.8, 4) is 0 Å². The van der Waals surface area contributed by atoms with Crippen molar-refractivity contribution in [2.45, 2.75) is 59.0 Å². The number of hydrogen-bond donors (Lipinski definition) is 1. The molecule has 0 aromatic heterocycles. The number of carbonyl (C=O) groups is 3. The third kappa shape index (κ3) is 4.36. The molecule has 3 fully saturated rings. The van der Waals surface area contributed by atoms with Crippen molar-refractivity contribution in [2.24, 2.45) is 34.5 Å². The molecular formula is C26H39NO5. The van der Waals surface area contributed by atoms with Crippen LogP contribution in [0.15, 0.2) is 23.8 Å². The molecule has 3 aliphatic rings. The molecule has 0 amide bonds. The van der Waals surface area contributed by atoms with Crippen molar-refractivity contribution >= 4 is 18.0 Å². The normalized spacial score (nSPS) is 40.3. The molecule has 0 aromatic carbocycles. The second-order valence-electron chi connectivity index (χ2n) is 10.7. The van der Waals surface area contributed by atoms with Crippen LogP contribution in [0.4, 0.5) is 0 Å². The second-order valence-corrected chi connectivity index (χ2v) is 10.7. The van der Waals surface area contributed by atoms with Crippen LogP contribution in [0.5, 0.6) is 0 Å². The van der Waals surface area contributed by atoms with Crippen LogP contribution >= 0.6 is 0 Å². The van der Waals surface area contributed by atoms with E-state index in [1.54, 1.807) is 25.1 Å². The second kappa shape index (κ2) is 9.60. The summed E-state index contributed by atoms with van der Waals surface area (Å²) in [6, 6.07) is 0. The first kappa shape index (κ1) is 24.8. The van der Waals surface area contributed by atoms with Gasteiger partial charge < -0.3 is 9.84 Å². The lowest BCUT2D eigenvalue weighted by atomic mass is 9.47. The SMILES string of the molecule is C/C=C1/CCC2C(C(O)CC3(C)C(C(=O)COC(=O)CN(C)C)CCC23)C1(C)/C=C\C=O. The molecule has 0 radical (unpaired) electrons. The fraction of sp³-hybridized carbons (Fsp3) is 0.731. The lowest BCUT2D eigenvalue weighted by Crippen LogP contribution is -2.56. The number of likely N-dealkylation sites (N-methyl/N-ethyl adjacent to an activating group) is 1. The number of nitrogens with zero attached hydrogens (tertiary/aromatic N) is 1. The van der Waals surface area contributed by atoms with Gasteiger partial charge in [0.25, 0.3) is 0 Å². The van der Waals surface area contributed by atoms with Gasteiger partial charge in [0, 0.05) is 17.3 Å². The predicted molar refractivity (Wildman–Crippen MR) is 123 cm³/mol. The minimum absolute atomic E-state index is 0.0266. The van der Waals surface area contributed by atoms with Crippen LogP contribution in [0.25, 0.3) is 0 Å². The van der Waals surface area contributed by atoms with Gasteiger partial charge in [-0.15, -0.1) is 0 Å². The molecule has 0 saturated heterocycles. The number of ketones is 1. The van der Waals surface area contributed by atoms with Crippen molar-refractivity contribution in [3.05, 3.63) is 23.8 Å². The zero-order chi connectivity index (χ0) is 23.7. The Morgan fingerprint density at radius 2 is 1.94 bits per heavy atom. The first-order valence-electron chi connectivity index (χ1n) is 11.9. The molecule has 3 rings (SSSR count). The quantitative estimate of drug-likeness (QED) is 0.280. The highest BCUT2D eigenvalue weighted by atomic mass is 16.5. The number of aldehydes is 1. The highest BCUT2D eigenvalue weighted by molar-refractivity contribution is 5.85. The Bertz CT molecular complexity index is 802. The fourth-order valence-electron chi connectivity index (χ4n) is 7.40. The van der Waals surface area contributed by atoms with E-state index in [4.69, 9.17) is 4.74 Å². The number of ether oxygens (including phenoxy) is 1. The van der Waals surface area contributed by atoms with E-state index in [0.717, 1.165) is 32.0 Å². The van der Waals surface area contributed by atoms with E-state index in [-0.39, 0.29) is 41.6 Å². The summed E-state index contributed by atoms with van der Waals surface area (Å²) in [5.74, 6) is 0.0446. The van der Waals surface area contributed by atoms with E-state index in [9.17, 15) is 19.5 Å². The van der Waals surface area contributed by atoms with Crippen molar-refractivity contribution in [1.29, 1.82) is 0 Å². The summed E-state index contributed by atoms with van der Waals surface area (Å²) < 4.78 is 5.25. The van der Waals surface area contributed by atoms with E-state index >= 15 is 0 Å². The monoisotopic (exact) mass is 445 g/mol. The molecule has 0 aliphatic heterocycles. The van der Waals surface area contributed by atoms with Crippen molar-refractivity contribution in [3.63, 3.8) is 0 Å². The number of aliphatic hydroxyl groups is 1. The number of rotatable bonds is 7. The lowest BCUT2D eigenvalue weighted by Gasteiger charge is -2.58. The standard InChI is InChI=1S/C26H39NO5/c1-6-17-8-9-18-19-10-11-20(22(30)16-32-23(31)15-27(4)5)26(19,3)14-21(29)24(18)25(17,2)12-7-13-28/h6-7,12-13,18-21,24,29H,8-11,14-16H2,1-5H3/b12-7-,17-6-. The summed E-state index contributed by atoms with van der Waals surface area (Å²) in [5, 5.41) is 11.4. The molecule has 178 valence electrons. The molecule has 1 N–H and O–H groups in total.